The molecule has 4 nitrogen and oxygen atoms in total. The molecule has 0 bridgehead atoms. The summed E-state index contributed by atoms with van der Waals surface area (Å²) in [5.74, 6) is -0.413. The lowest BCUT2D eigenvalue weighted by Crippen LogP contribution is -2.17. The number of benzene rings is 1. The van der Waals surface area contributed by atoms with E-state index in [1.807, 2.05) is 0 Å². The number of aryl methyl sites for hydroxylation is 1. The van der Waals surface area contributed by atoms with Gasteiger partial charge in [0, 0.05) is 0 Å². The summed E-state index contributed by atoms with van der Waals surface area (Å²) in [6, 6.07) is 5.74. The van der Waals surface area contributed by atoms with Gasteiger partial charge in [-0.1, -0.05) is 24.6 Å². The summed E-state index contributed by atoms with van der Waals surface area (Å²) in [5.41, 5.74) is 0.878. The highest BCUT2D eigenvalue weighted by Gasteiger charge is 2.29. The lowest BCUT2D eigenvalue weighted by atomic mass is 10.2. The van der Waals surface area contributed by atoms with Crippen LogP contribution in [0.4, 0.5) is 0 Å². The van der Waals surface area contributed by atoms with Crippen molar-refractivity contribution in [2.45, 2.75) is 18.7 Å². The van der Waals surface area contributed by atoms with Crippen LogP contribution in [0.15, 0.2) is 29.2 Å². The molecule has 0 fully saturated rings. The molecule has 0 saturated heterocycles. The predicted molar refractivity (Wildman–Crippen MR) is 57.8 cm³/mol. The first kappa shape index (κ1) is 12.2. The fraction of sp³-hybridized carbons (Fsp3) is 0.333. The fourth-order valence-corrected chi connectivity index (χ4v) is 4.22. The van der Waals surface area contributed by atoms with Gasteiger partial charge in [-0.2, -0.15) is 0 Å². The molecule has 0 N–H and O–H groups in total. The first-order chi connectivity index (χ1) is 6.81. The van der Waals surface area contributed by atoms with Gasteiger partial charge in [-0.3, -0.25) is 0 Å². The normalized spacial score (nSPS) is 12.7. The van der Waals surface area contributed by atoms with E-state index in [9.17, 15) is 16.8 Å². The van der Waals surface area contributed by atoms with Gasteiger partial charge in [0.15, 0.2) is 0 Å². The molecule has 0 aliphatic heterocycles. The van der Waals surface area contributed by atoms with Crippen molar-refractivity contribution in [1.29, 1.82) is 0 Å². The molecule has 0 aliphatic carbocycles. The summed E-state index contributed by atoms with van der Waals surface area (Å²) < 4.78 is 45.9. The zero-order valence-electron chi connectivity index (χ0n) is 8.47. The standard InChI is InChI=1S/C9H12O4S2/c1-3-14(10,11)15(12,13)9-6-4-8(2)5-7-9/h4-7H,3H2,1-2H3. The average molecular weight is 248 g/mol. The first-order valence-corrected chi connectivity index (χ1v) is 8.01. The lowest BCUT2D eigenvalue weighted by molar-refractivity contribution is 0.583. The number of hydrogen-bond donors (Lipinski definition) is 0. The van der Waals surface area contributed by atoms with Crippen LogP contribution < -0.4 is 0 Å². The van der Waals surface area contributed by atoms with Gasteiger partial charge >= 0.3 is 0 Å². The topological polar surface area (TPSA) is 68.3 Å². The van der Waals surface area contributed by atoms with Crippen LogP contribution in [0, 0.1) is 6.92 Å². The van der Waals surface area contributed by atoms with Crippen LogP contribution in [0.2, 0.25) is 0 Å². The van der Waals surface area contributed by atoms with Gasteiger partial charge in [-0.25, -0.2) is 16.8 Å². The van der Waals surface area contributed by atoms with Gasteiger partial charge in [0.2, 0.25) is 0 Å². The molecule has 0 unspecified atom stereocenters. The van der Waals surface area contributed by atoms with E-state index in [2.05, 4.69) is 0 Å². The molecular weight excluding hydrogens is 236 g/mol. The molecule has 0 atom stereocenters. The van der Waals surface area contributed by atoms with Crippen molar-refractivity contribution in [3.05, 3.63) is 29.8 Å². The summed E-state index contributed by atoms with van der Waals surface area (Å²) in [7, 11) is -8.32. The second-order valence-electron chi connectivity index (χ2n) is 3.11. The van der Waals surface area contributed by atoms with Crippen molar-refractivity contribution in [2.24, 2.45) is 0 Å². The van der Waals surface area contributed by atoms with Crippen LogP contribution in [0.5, 0.6) is 0 Å². The molecule has 0 amide bonds. The molecule has 84 valence electrons. The van der Waals surface area contributed by atoms with E-state index in [1.54, 1.807) is 19.1 Å². The van der Waals surface area contributed by atoms with E-state index in [0.29, 0.717) is 0 Å². The largest absolute Gasteiger partial charge is 0.282 e. The molecule has 1 aromatic rings. The zero-order chi connectivity index (χ0) is 11.7. The summed E-state index contributed by atoms with van der Waals surface area (Å²) in [6.07, 6.45) is 0. The van der Waals surface area contributed by atoms with Gasteiger partial charge < -0.3 is 0 Å². The highest BCUT2D eigenvalue weighted by molar-refractivity contribution is 8.67. The van der Waals surface area contributed by atoms with Gasteiger partial charge in [0.05, 0.1) is 10.6 Å². The van der Waals surface area contributed by atoms with Crippen molar-refractivity contribution >= 4 is 17.7 Å². The first-order valence-electron chi connectivity index (χ1n) is 4.35. The minimum atomic E-state index is -4.23. The number of rotatable bonds is 3. The Morgan fingerprint density at radius 2 is 1.47 bits per heavy atom. The summed E-state index contributed by atoms with van der Waals surface area (Å²) in [4.78, 5) is -0.171. The highest BCUT2D eigenvalue weighted by Crippen LogP contribution is 2.17. The van der Waals surface area contributed by atoms with Crippen LogP contribution in [0.25, 0.3) is 0 Å². The smallest absolute Gasteiger partial charge is 0.212 e. The lowest BCUT2D eigenvalue weighted by Gasteiger charge is -2.03. The summed E-state index contributed by atoms with van der Waals surface area (Å²) >= 11 is 0. The van der Waals surface area contributed by atoms with Crippen LogP contribution in [0.1, 0.15) is 12.5 Å². The Labute approximate surface area is 89.2 Å². The van der Waals surface area contributed by atoms with Crippen molar-refractivity contribution < 1.29 is 16.8 Å². The van der Waals surface area contributed by atoms with Crippen LogP contribution >= 0.6 is 0 Å². The maximum Gasteiger partial charge on any atom is 0.282 e. The third-order valence-corrected chi connectivity index (χ3v) is 7.51. The third-order valence-electron chi connectivity index (χ3n) is 2.00. The summed E-state index contributed by atoms with van der Waals surface area (Å²) in [6.45, 7) is 3.10. The average Bonchev–Trinajstić information content (AvgIpc) is 2.18. The van der Waals surface area contributed by atoms with Gasteiger partial charge in [-0.05, 0) is 19.1 Å². The molecule has 15 heavy (non-hydrogen) atoms. The Bertz CT molecular complexity index is 538. The van der Waals surface area contributed by atoms with Crippen LogP contribution in [-0.4, -0.2) is 22.6 Å². The van der Waals surface area contributed by atoms with Gasteiger partial charge in [-0.15, -0.1) is 0 Å². The molecule has 1 rings (SSSR count). The minimum Gasteiger partial charge on any atom is -0.212 e. The van der Waals surface area contributed by atoms with Crippen LogP contribution in [0.3, 0.4) is 0 Å². The molecule has 0 saturated carbocycles. The highest BCUT2D eigenvalue weighted by atomic mass is 33.2. The Balaban J connectivity index is 3.37. The Hall–Kier alpha value is -0.880. The van der Waals surface area contributed by atoms with E-state index < -0.39 is 23.5 Å². The maximum atomic E-state index is 11.6. The molecule has 1 aromatic carbocycles. The third kappa shape index (κ3) is 2.21. The minimum absolute atomic E-state index is 0.171. The molecule has 0 radical (unpaired) electrons. The summed E-state index contributed by atoms with van der Waals surface area (Å²) in [5, 5.41) is 0. The maximum absolute atomic E-state index is 11.6. The Kier molecular flexibility index (Phi) is 3.20. The van der Waals surface area contributed by atoms with Crippen molar-refractivity contribution in [3.63, 3.8) is 0 Å². The Morgan fingerprint density at radius 1 is 1.00 bits per heavy atom. The van der Waals surface area contributed by atoms with E-state index in [1.165, 1.54) is 19.1 Å². The van der Waals surface area contributed by atoms with Crippen LogP contribution in [-0.2, 0) is 17.7 Å². The van der Waals surface area contributed by atoms with E-state index >= 15 is 0 Å². The second-order valence-corrected chi connectivity index (χ2v) is 9.03. The molecule has 0 heterocycles. The SMILES string of the molecule is CCS(=O)(=O)S(=O)(=O)c1ccc(C)cc1. The molecule has 6 heteroatoms. The Morgan fingerprint density at radius 3 is 1.87 bits per heavy atom. The van der Waals surface area contributed by atoms with E-state index in [4.69, 9.17) is 0 Å². The second kappa shape index (κ2) is 3.94. The monoisotopic (exact) mass is 248 g/mol. The van der Waals surface area contributed by atoms with Gasteiger partial charge in [0.25, 0.3) is 17.7 Å². The molecule has 0 aliphatic rings. The zero-order valence-corrected chi connectivity index (χ0v) is 10.1. The number of hydrogen-bond acceptors (Lipinski definition) is 4. The molecule has 0 spiro atoms. The van der Waals surface area contributed by atoms with Crippen molar-refractivity contribution in [1.82, 2.24) is 0 Å². The fourth-order valence-electron chi connectivity index (χ4n) is 1.01. The van der Waals surface area contributed by atoms with E-state index in [0.717, 1.165) is 5.56 Å². The van der Waals surface area contributed by atoms with E-state index in [-0.39, 0.29) is 4.90 Å². The van der Waals surface area contributed by atoms with Crippen molar-refractivity contribution in [2.75, 3.05) is 5.75 Å². The predicted octanol–water partition coefficient (Wildman–Crippen LogP) is 1.12. The van der Waals surface area contributed by atoms with Gasteiger partial charge in [0.1, 0.15) is 0 Å². The van der Waals surface area contributed by atoms with Crippen molar-refractivity contribution in [3.8, 4) is 0 Å². The quantitative estimate of drug-likeness (QED) is 0.752. The molecular formula is C9H12O4S2. The molecule has 0 aromatic heterocycles.